The molecule has 0 unspecified atom stereocenters. The summed E-state index contributed by atoms with van der Waals surface area (Å²) in [6, 6.07) is 6.47. The monoisotopic (exact) mass is 406 g/mol. The first kappa shape index (κ1) is 19.5. The van der Waals surface area contributed by atoms with Crippen LogP contribution in [0.15, 0.2) is 49.8 Å². The third-order valence-corrected chi connectivity index (χ3v) is 5.71. The first-order chi connectivity index (χ1) is 13.1. The lowest BCUT2D eigenvalue weighted by Crippen LogP contribution is -2.38. The summed E-state index contributed by atoms with van der Waals surface area (Å²) < 4.78 is 33.7. The van der Waals surface area contributed by atoms with Gasteiger partial charge in [0.2, 0.25) is 0 Å². The summed E-state index contributed by atoms with van der Waals surface area (Å²) in [5.41, 5.74) is -0.451. The minimum atomic E-state index is -3.71. The number of hydrogen-bond donors (Lipinski definition) is 1. The van der Waals surface area contributed by atoms with Gasteiger partial charge < -0.3 is 4.74 Å². The molecule has 0 fully saturated rings. The largest absolute Gasteiger partial charge is 0.458 e. The van der Waals surface area contributed by atoms with Gasteiger partial charge in [0.1, 0.15) is 18.5 Å². The molecular formula is C17H18N4O6S. The van der Waals surface area contributed by atoms with Gasteiger partial charge in [-0.05, 0) is 19.1 Å². The minimum Gasteiger partial charge on any atom is -0.458 e. The summed E-state index contributed by atoms with van der Waals surface area (Å²) in [6.45, 7) is 1.16. The van der Waals surface area contributed by atoms with E-state index in [9.17, 15) is 22.8 Å². The maximum Gasteiger partial charge on any atom is 0.331 e. The highest BCUT2D eigenvalue weighted by Crippen LogP contribution is 2.22. The number of fused-ring (bicyclic) bond motifs is 1. The second kappa shape index (κ2) is 7.08. The van der Waals surface area contributed by atoms with E-state index in [1.165, 1.54) is 37.7 Å². The maximum atomic E-state index is 12.2. The number of carbonyl (C=O) groups excluding carboxylic acids is 1. The van der Waals surface area contributed by atoms with Crippen molar-refractivity contribution in [3.8, 4) is 0 Å². The van der Waals surface area contributed by atoms with Crippen molar-refractivity contribution in [2.75, 3.05) is 0 Å². The molecule has 0 aliphatic carbocycles. The van der Waals surface area contributed by atoms with E-state index in [0.717, 1.165) is 4.57 Å². The fraction of sp³-hybridized carbons (Fsp3) is 0.294. The van der Waals surface area contributed by atoms with Crippen LogP contribution in [0.25, 0.3) is 0 Å². The topological polar surface area (TPSA) is 129 Å². The summed E-state index contributed by atoms with van der Waals surface area (Å²) in [5.74, 6) is -0.676. The Morgan fingerprint density at radius 2 is 1.89 bits per heavy atom. The van der Waals surface area contributed by atoms with Crippen LogP contribution in [0, 0.1) is 0 Å². The van der Waals surface area contributed by atoms with Crippen LogP contribution in [0.4, 0.5) is 0 Å². The van der Waals surface area contributed by atoms with Gasteiger partial charge in [0.15, 0.2) is 0 Å². The Kier molecular flexibility index (Phi) is 4.94. The number of esters is 1. The lowest BCUT2D eigenvalue weighted by Gasteiger charge is -2.12. The predicted octanol–water partition coefficient (Wildman–Crippen LogP) is -0.746. The molecule has 0 radical (unpaired) electrons. The summed E-state index contributed by atoms with van der Waals surface area (Å²) in [6.07, 6.45) is 0. The van der Waals surface area contributed by atoms with Crippen LogP contribution < -0.4 is 16.0 Å². The lowest BCUT2D eigenvalue weighted by atomic mass is 10.2. The highest BCUT2D eigenvalue weighted by Gasteiger charge is 2.31. The Morgan fingerprint density at radius 1 is 1.21 bits per heavy atom. The number of hydrogen-bond acceptors (Lipinski definition) is 7. The van der Waals surface area contributed by atoms with Gasteiger partial charge in [0, 0.05) is 25.7 Å². The van der Waals surface area contributed by atoms with Crippen molar-refractivity contribution in [1.82, 2.24) is 13.9 Å². The molecule has 0 amide bonds. The maximum absolute atomic E-state index is 12.2. The molecule has 1 atom stereocenters. The van der Waals surface area contributed by atoms with E-state index < -0.39 is 33.3 Å². The van der Waals surface area contributed by atoms with E-state index in [1.807, 2.05) is 0 Å². The second-order valence-electron chi connectivity index (χ2n) is 6.24. The number of nitrogens with one attached hydrogen (secondary N) is 1. The highest BCUT2D eigenvalue weighted by atomic mass is 32.2. The molecule has 1 N–H and O–H groups in total. The number of ether oxygens (including phenoxy) is 1. The lowest BCUT2D eigenvalue weighted by molar-refractivity contribution is -0.146. The number of rotatable bonds is 4. The average Bonchev–Trinajstić information content (AvgIpc) is 2.92. The van der Waals surface area contributed by atoms with E-state index in [1.54, 1.807) is 18.2 Å². The van der Waals surface area contributed by atoms with E-state index in [-0.39, 0.29) is 23.0 Å². The van der Waals surface area contributed by atoms with Crippen molar-refractivity contribution in [1.29, 1.82) is 0 Å². The molecule has 2 heterocycles. The minimum absolute atomic E-state index is 0.0565. The van der Waals surface area contributed by atoms with Gasteiger partial charge in [-0.25, -0.2) is 18.0 Å². The standard InChI is InChI=1S/C17H18N4O6S/c1-10(18-15-12-6-4-5-7-13(12)28(25,26)19-15)16(23)27-9-11-8-14(22)21(3)17(24)20(11)2/h4-8,10H,9H2,1-3H3,(H,18,19)/t10-/m0/s1. The molecule has 148 valence electrons. The first-order valence-electron chi connectivity index (χ1n) is 8.24. The molecule has 1 aliphatic heterocycles. The smallest absolute Gasteiger partial charge is 0.331 e. The predicted molar refractivity (Wildman–Crippen MR) is 99.5 cm³/mol. The number of nitrogens with zero attached hydrogens (tertiary/aromatic N) is 3. The molecule has 1 aliphatic rings. The van der Waals surface area contributed by atoms with Gasteiger partial charge >= 0.3 is 11.7 Å². The Morgan fingerprint density at radius 3 is 2.61 bits per heavy atom. The SMILES string of the molecule is C[C@H](N=C1NS(=O)(=O)c2ccccc21)C(=O)OCc1cc(=O)n(C)c(=O)n1C. The van der Waals surface area contributed by atoms with Crippen molar-refractivity contribution in [2.45, 2.75) is 24.5 Å². The molecule has 0 saturated heterocycles. The van der Waals surface area contributed by atoms with Gasteiger partial charge in [0.25, 0.3) is 15.6 Å². The highest BCUT2D eigenvalue weighted by molar-refractivity contribution is 7.90. The molecule has 1 aromatic carbocycles. The molecule has 3 rings (SSSR count). The number of aromatic nitrogens is 2. The molecule has 0 spiro atoms. The fourth-order valence-electron chi connectivity index (χ4n) is 2.66. The number of benzene rings is 1. The molecular weight excluding hydrogens is 388 g/mol. The third-order valence-electron chi connectivity index (χ3n) is 4.31. The Labute approximate surface area is 160 Å². The van der Waals surface area contributed by atoms with Gasteiger partial charge in [-0.1, -0.05) is 12.1 Å². The van der Waals surface area contributed by atoms with Gasteiger partial charge in [0.05, 0.1) is 10.6 Å². The molecule has 2 aromatic rings. The van der Waals surface area contributed by atoms with Crippen LogP contribution >= 0.6 is 0 Å². The molecule has 0 bridgehead atoms. The zero-order valence-corrected chi connectivity index (χ0v) is 16.2. The van der Waals surface area contributed by atoms with Crippen LogP contribution in [-0.4, -0.2) is 35.4 Å². The number of carbonyl (C=O) groups is 1. The molecule has 28 heavy (non-hydrogen) atoms. The quantitative estimate of drug-likeness (QED) is 0.666. The first-order valence-corrected chi connectivity index (χ1v) is 9.72. The molecule has 1 aromatic heterocycles. The number of amidine groups is 1. The van der Waals surface area contributed by atoms with Crippen molar-refractivity contribution < 1.29 is 17.9 Å². The van der Waals surface area contributed by atoms with Gasteiger partial charge in [-0.2, -0.15) is 0 Å². The van der Waals surface area contributed by atoms with E-state index in [0.29, 0.717) is 5.56 Å². The molecule has 11 heteroatoms. The summed E-state index contributed by atoms with van der Waals surface area (Å²) in [5, 5.41) is 0. The van der Waals surface area contributed by atoms with Crippen molar-refractivity contribution in [3.63, 3.8) is 0 Å². The van der Waals surface area contributed by atoms with Crippen LogP contribution in [0.3, 0.4) is 0 Å². The van der Waals surface area contributed by atoms with E-state index >= 15 is 0 Å². The summed E-state index contributed by atoms with van der Waals surface area (Å²) >= 11 is 0. The van der Waals surface area contributed by atoms with Crippen LogP contribution in [-0.2, 0) is 40.3 Å². The normalized spacial score (nSPS) is 17.0. The van der Waals surface area contributed by atoms with E-state index in [4.69, 9.17) is 4.74 Å². The summed E-state index contributed by atoms with van der Waals surface area (Å²) in [7, 11) is -0.905. The van der Waals surface area contributed by atoms with Gasteiger partial charge in [-0.3, -0.25) is 23.6 Å². The van der Waals surface area contributed by atoms with Crippen molar-refractivity contribution >= 4 is 21.8 Å². The third kappa shape index (κ3) is 3.48. The Hall–Kier alpha value is -3.21. The van der Waals surface area contributed by atoms with Crippen molar-refractivity contribution in [3.05, 3.63) is 62.4 Å². The van der Waals surface area contributed by atoms with Crippen molar-refractivity contribution in [2.24, 2.45) is 19.1 Å². The zero-order valence-electron chi connectivity index (χ0n) is 15.4. The summed E-state index contributed by atoms with van der Waals surface area (Å²) in [4.78, 5) is 40.1. The zero-order chi connectivity index (χ0) is 20.6. The van der Waals surface area contributed by atoms with E-state index in [2.05, 4.69) is 9.71 Å². The van der Waals surface area contributed by atoms with Crippen LogP contribution in [0.1, 0.15) is 18.2 Å². The number of sulfonamides is 1. The number of aliphatic imine (C=N–C) groups is 1. The van der Waals surface area contributed by atoms with Crippen LogP contribution in [0.5, 0.6) is 0 Å². The molecule has 0 saturated carbocycles. The Bertz CT molecular complexity index is 1210. The second-order valence-corrected chi connectivity index (χ2v) is 7.89. The molecule has 10 nitrogen and oxygen atoms in total. The Balaban J connectivity index is 1.78. The van der Waals surface area contributed by atoms with Crippen LogP contribution in [0.2, 0.25) is 0 Å². The average molecular weight is 406 g/mol. The van der Waals surface area contributed by atoms with Gasteiger partial charge in [-0.15, -0.1) is 0 Å². The fourth-order valence-corrected chi connectivity index (χ4v) is 3.90.